The van der Waals surface area contributed by atoms with E-state index in [-0.39, 0.29) is 12.2 Å². The van der Waals surface area contributed by atoms with Gasteiger partial charge in [0.25, 0.3) is 0 Å². The van der Waals surface area contributed by atoms with Crippen LogP contribution in [-0.4, -0.2) is 31.0 Å². The van der Waals surface area contributed by atoms with Crippen molar-refractivity contribution < 1.29 is 9.84 Å². The fourth-order valence-corrected chi connectivity index (χ4v) is 3.38. The number of ether oxygens (including phenoxy) is 1. The van der Waals surface area contributed by atoms with Crippen molar-refractivity contribution in [3.63, 3.8) is 0 Å². The van der Waals surface area contributed by atoms with E-state index in [1.165, 1.54) is 12.8 Å². The number of hydrogen-bond acceptors (Lipinski definition) is 4. The van der Waals surface area contributed by atoms with Crippen molar-refractivity contribution in [2.45, 2.75) is 31.3 Å². The topological polar surface area (TPSA) is 67.5 Å². The van der Waals surface area contributed by atoms with Crippen LogP contribution in [-0.2, 0) is 4.74 Å². The molecule has 1 atom stereocenters. The Labute approximate surface area is 138 Å². The average Bonchev–Trinajstić information content (AvgIpc) is 3.42. The van der Waals surface area contributed by atoms with Crippen LogP contribution in [0.3, 0.4) is 0 Å². The van der Waals surface area contributed by atoms with Crippen molar-refractivity contribution >= 4 is 11.3 Å². The molecule has 1 unspecified atom stereocenters. The van der Waals surface area contributed by atoms with E-state index in [9.17, 15) is 0 Å². The summed E-state index contributed by atoms with van der Waals surface area (Å²) in [7, 11) is 1.80. The number of para-hydroxylation sites is 1. The van der Waals surface area contributed by atoms with Crippen molar-refractivity contribution in [1.29, 1.82) is 0 Å². The van der Waals surface area contributed by atoms with Crippen molar-refractivity contribution in [3.8, 4) is 0 Å². The Kier molecular flexibility index (Phi) is 4.74. The highest BCUT2D eigenvalue weighted by molar-refractivity contribution is 5.81. The summed E-state index contributed by atoms with van der Waals surface area (Å²) in [5.74, 6) is 0.598. The van der Waals surface area contributed by atoms with Crippen molar-refractivity contribution in [3.05, 3.63) is 47.7 Å². The van der Waals surface area contributed by atoms with Crippen LogP contribution >= 0.6 is 0 Å². The molecule has 1 saturated carbocycles. The molecule has 0 heterocycles. The monoisotopic (exact) mass is 314 g/mol. The minimum absolute atomic E-state index is 0.192. The van der Waals surface area contributed by atoms with Crippen LogP contribution in [0.25, 0.3) is 5.57 Å². The molecule has 0 amide bonds. The molecule has 1 fully saturated rings. The largest absolute Gasteiger partial charge is 0.398 e. The number of nitrogens with one attached hydrogen (secondary N) is 1. The molecule has 4 heteroatoms. The van der Waals surface area contributed by atoms with E-state index in [4.69, 9.17) is 15.6 Å². The van der Waals surface area contributed by atoms with Crippen molar-refractivity contribution in [2.75, 3.05) is 25.6 Å². The first kappa shape index (κ1) is 16.1. The lowest BCUT2D eigenvalue weighted by Crippen LogP contribution is -2.34. The number of benzene rings is 1. The van der Waals surface area contributed by atoms with Gasteiger partial charge in [-0.05, 0) is 42.9 Å². The first-order valence-electron chi connectivity index (χ1n) is 8.37. The van der Waals surface area contributed by atoms with Gasteiger partial charge in [0.15, 0.2) is 0 Å². The molecule has 0 aromatic heterocycles. The zero-order valence-corrected chi connectivity index (χ0v) is 13.7. The SMILES string of the molecule is COC1(C2CC2)C=CC(N)=C(c2ccccc2NCCCO)C1. The number of methoxy groups -OCH3 is 1. The molecule has 2 aliphatic rings. The Morgan fingerprint density at radius 1 is 1.35 bits per heavy atom. The summed E-state index contributed by atoms with van der Waals surface area (Å²) in [5.41, 5.74) is 10.2. The van der Waals surface area contributed by atoms with Gasteiger partial charge in [0, 0.05) is 43.6 Å². The zero-order valence-electron chi connectivity index (χ0n) is 13.7. The van der Waals surface area contributed by atoms with Crippen LogP contribution in [0.4, 0.5) is 5.69 Å². The van der Waals surface area contributed by atoms with Crippen LogP contribution < -0.4 is 11.1 Å². The molecular formula is C19H26N2O2. The standard InChI is InChI=1S/C19H26N2O2/c1-23-19(14-7-8-14)10-9-17(20)16(13-19)15-5-2-3-6-18(15)21-11-4-12-22/h2-3,5-6,9-10,14,21-22H,4,7-8,11-13,20H2,1H3. The van der Waals surface area contributed by atoms with Gasteiger partial charge in [-0.3, -0.25) is 0 Å². The first-order valence-corrected chi connectivity index (χ1v) is 8.37. The summed E-state index contributed by atoms with van der Waals surface area (Å²) in [6.45, 7) is 0.936. The van der Waals surface area contributed by atoms with E-state index in [0.29, 0.717) is 5.92 Å². The molecule has 2 aliphatic carbocycles. The molecule has 124 valence electrons. The molecule has 1 aromatic carbocycles. The molecule has 1 aromatic rings. The highest BCUT2D eigenvalue weighted by Gasteiger charge is 2.45. The second-order valence-electron chi connectivity index (χ2n) is 6.43. The van der Waals surface area contributed by atoms with E-state index < -0.39 is 0 Å². The highest BCUT2D eigenvalue weighted by atomic mass is 16.5. The molecule has 0 bridgehead atoms. The van der Waals surface area contributed by atoms with E-state index in [1.807, 2.05) is 18.2 Å². The Morgan fingerprint density at radius 3 is 2.83 bits per heavy atom. The molecule has 23 heavy (non-hydrogen) atoms. The number of anilines is 1. The Morgan fingerprint density at radius 2 is 2.13 bits per heavy atom. The summed E-state index contributed by atoms with van der Waals surface area (Å²) in [6.07, 6.45) is 8.14. The Balaban J connectivity index is 1.89. The maximum absolute atomic E-state index is 8.98. The van der Waals surface area contributed by atoms with Crippen molar-refractivity contribution in [2.24, 2.45) is 11.7 Å². The lowest BCUT2D eigenvalue weighted by atomic mass is 9.81. The van der Waals surface area contributed by atoms with Gasteiger partial charge in [-0.1, -0.05) is 24.3 Å². The molecule has 0 spiro atoms. The number of hydrogen-bond donors (Lipinski definition) is 3. The minimum Gasteiger partial charge on any atom is -0.398 e. The molecule has 0 saturated heterocycles. The molecule has 4 N–H and O–H groups in total. The summed E-state index contributed by atoms with van der Waals surface area (Å²) in [5, 5.41) is 12.4. The highest BCUT2D eigenvalue weighted by Crippen LogP contribution is 2.49. The van der Waals surface area contributed by atoms with Gasteiger partial charge in [-0.2, -0.15) is 0 Å². The smallest absolute Gasteiger partial charge is 0.0931 e. The quantitative estimate of drug-likeness (QED) is 0.677. The van der Waals surface area contributed by atoms with Crippen LogP contribution in [0.15, 0.2) is 42.1 Å². The van der Waals surface area contributed by atoms with Gasteiger partial charge in [-0.25, -0.2) is 0 Å². The van der Waals surface area contributed by atoms with Gasteiger partial charge in [0.05, 0.1) is 5.60 Å². The number of nitrogens with two attached hydrogens (primary N) is 1. The van der Waals surface area contributed by atoms with E-state index >= 15 is 0 Å². The summed E-state index contributed by atoms with van der Waals surface area (Å²) in [6, 6.07) is 8.23. The number of allylic oxidation sites excluding steroid dienone is 1. The zero-order chi connectivity index (χ0) is 16.3. The minimum atomic E-state index is -0.212. The predicted molar refractivity (Wildman–Crippen MR) is 94.0 cm³/mol. The summed E-state index contributed by atoms with van der Waals surface area (Å²) in [4.78, 5) is 0. The van der Waals surface area contributed by atoms with Crippen LogP contribution in [0, 0.1) is 5.92 Å². The van der Waals surface area contributed by atoms with Crippen LogP contribution in [0.1, 0.15) is 31.2 Å². The predicted octanol–water partition coefficient (Wildman–Crippen LogP) is 2.91. The van der Waals surface area contributed by atoms with E-state index in [0.717, 1.165) is 41.9 Å². The van der Waals surface area contributed by atoms with E-state index in [1.54, 1.807) is 7.11 Å². The number of aliphatic hydroxyl groups excluding tert-OH is 1. The average molecular weight is 314 g/mol. The second-order valence-corrected chi connectivity index (χ2v) is 6.43. The molecule has 3 rings (SSSR count). The van der Waals surface area contributed by atoms with Gasteiger partial charge >= 0.3 is 0 Å². The first-order chi connectivity index (χ1) is 11.2. The molecule has 0 radical (unpaired) electrons. The molecule has 4 nitrogen and oxygen atoms in total. The normalized spacial score (nSPS) is 24.1. The van der Waals surface area contributed by atoms with Gasteiger partial charge in [-0.15, -0.1) is 0 Å². The third-order valence-electron chi connectivity index (χ3n) is 4.90. The summed E-state index contributed by atoms with van der Waals surface area (Å²) < 4.78 is 5.91. The maximum Gasteiger partial charge on any atom is 0.0931 e. The van der Waals surface area contributed by atoms with Crippen LogP contribution in [0.5, 0.6) is 0 Å². The van der Waals surface area contributed by atoms with Gasteiger partial charge in [0.2, 0.25) is 0 Å². The lowest BCUT2D eigenvalue weighted by molar-refractivity contribution is 0.0166. The molecular weight excluding hydrogens is 288 g/mol. The van der Waals surface area contributed by atoms with Gasteiger partial charge < -0.3 is 20.9 Å². The number of rotatable bonds is 7. The fourth-order valence-electron chi connectivity index (χ4n) is 3.38. The third-order valence-corrected chi connectivity index (χ3v) is 4.90. The second kappa shape index (κ2) is 6.77. The lowest BCUT2D eigenvalue weighted by Gasteiger charge is -2.34. The van der Waals surface area contributed by atoms with E-state index in [2.05, 4.69) is 23.5 Å². The Bertz CT molecular complexity index is 620. The molecule has 0 aliphatic heterocycles. The maximum atomic E-state index is 8.98. The third kappa shape index (κ3) is 3.28. The Hall–Kier alpha value is -1.78. The fraction of sp³-hybridized carbons (Fsp3) is 0.474. The van der Waals surface area contributed by atoms with Crippen molar-refractivity contribution in [1.82, 2.24) is 0 Å². The summed E-state index contributed by atoms with van der Waals surface area (Å²) >= 11 is 0. The van der Waals surface area contributed by atoms with Gasteiger partial charge in [0.1, 0.15) is 0 Å². The number of aliphatic hydroxyl groups is 1. The van der Waals surface area contributed by atoms with Crippen LogP contribution in [0.2, 0.25) is 0 Å².